The molecule has 0 radical (unpaired) electrons. The summed E-state index contributed by atoms with van der Waals surface area (Å²) in [6.45, 7) is 2.05. The van der Waals surface area contributed by atoms with E-state index >= 15 is 0 Å². The lowest BCUT2D eigenvalue weighted by Crippen LogP contribution is -2.14. The third-order valence-electron chi connectivity index (χ3n) is 3.95. The maximum absolute atomic E-state index is 12.4. The van der Waals surface area contributed by atoms with Gasteiger partial charge in [0.1, 0.15) is 11.4 Å². The van der Waals surface area contributed by atoms with Crippen LogP contribution < -0.4 is 14.8 Å². The van der Waals surface area contributed by atoms with Crippen molar-refractivity contribution in [3.05, 3.63) is 65.2 Å². The summed E-state index contributed by atoms with van der Waals surface area (Å²) in [4.78, 5) is 16.5. The standard InChI is InChI=1S/C19H19N3O4S2/c1-3-13-4-6-14(7-5-13)20-18(23)17-12-27-19(21-17)22-28(24,25)16-10-8-15(26-2)9-11-16/h4-12H,3H2,1-2H3,(H,20,23)(H,21,22). The summed E-state index contributed by atoms with van der Waals surface area (Å²) >= 11 is 1.04. The Morgan fingerprint density at radius 3 is 2.39 bits per heavy atom. The number of aryl methyl sites for hydroxylation is 1. The number of benzene rings is 2. The number of ether oxygens (including phenoxy) is 1. The number of nitrogens with zero attached hydrogens (tertiary/aromatic N) is 1. The average Bonchev–Trinajstić information content (AvgIpc) is 3.16. The topological polar surface area (TPSA) is 97.4 Å². The molecule has 1 heterocycles. The Kier molecular flexibility index (Phi) is 5.96. The number of methoxy groups -OCH3 is 1. The van der Waals surface area contributed by atoms with Gasteiger partial charge >= 0.3 is 0 Å². The molecular weight excluding hydrogens is 398 g/mol. The van der Waals surface area contributed by atoms with E-state index in [-0.39, 0.29) is 15.7 Å². The normalized spacial score (nSPS) is 11.1. The molecule has 146 valence electrons. The molecule has 0 atom stereocenters. The van der Waals surface area contributed by atoms with Crippen LogP contribution in [0.3, 0.4) is 0 Å². The molecule has 0 aliphatic rings. The summed E-state index contributed by atoms with van der Waals surface area (Å²) < 4.78 is 32.3. The fourth-order valence-electron chi connectivity index (χ4n) is 2.37. The zero-order chi connectivity index (χ0) is 20.1. The van der Waals surface area contributed by atoms with Crippen LogP contribution in [0.2, 0.25) is 0 Å². The van der Waals surface area contributed by atoms with E-state index < -0.39 is 15.9 Å². The number of sulfonamides is 1. The summed E-state index contributed by atoms with van der Waals surface area (Å²) in [6, 6.07) is 13.5. The van der Waals surface area contributed by atoms with Crippen molar-refractivity contribution in [2.24, 2.45) is 0 Å². The van der Waals surface area contributed by atoms with Crippen molar-refractivity contribution in [1.29, 1.82) is 0 Å². The van der Waals surface area contributed by atoms with E-state index in [9.17, 15) is 13.2 Å². The van der Waals surface area contributed by atoms with Gasteiger partial charge in [0.2, 0.25) is 0 Å². The fourth-order valence-corrected chi connectivity index (χ4v) is 4.32. The van der Waals surface area contributed by atoms with Crippen LogP contribution in [0.1, 0.15) is 23.0 Å². The molecule has 7 nitrogen and oxygen atoms in total. The molecule has 9 heteroatoms. The van der Waals surface area contributed by atoms with Gasteiger partial charge in [0.25, 0.3) is 15.9 Å². The molecule has 2 aromatic carbocycles. The number of amides is 1. The van der Waals surface area contributed by atoms with Gasteiger partial charge in [-0.25, -0.2) is 13.4 Å². The van der Waals surface area contributed by atoms with Crippen LogP contribution in [0, 0.1) is 0 Å². The quantitative estimate of drug-likeness (QED) is 0.610. The first kappa shape index (κ1) is 19.8. The monoisotopic (exact) mass is 417 g/mol. The highest BCUT2D eigenvalue weighted by Crippen LogP contribution is 2.22. The van der Waals surface area contributed by atoms with Gasteiger partial charge in [0.15, 0.2) is 5.13 Å². The second kappa shape index (κ2) is 8.41. The summed E-state index contributed by atoms with van der Waals surface area (Å²) in [6.07, 6.45) is 0.915. The number of anilines is 2. The Morgan fingerprint density at radius 1 is 1.11 bits per heavy atom. The minimum atomic E-state index is -3.81. The molecule has 0 aliphatic carbocycles. The summed E-state index contributed by atoms with van der Waals surface area (Å²) in [5, 5.41) is 4.36. The molecule has 1 amide bonds. The highest BCUT2D eigenvalue weighted by atomic mass is 32.2. The van der Waals surface area contributed by atoms with Crippen LogP contribution in [-0.4, -0.2) is 26.4 Å². The van der Waals surface area contributed by atoms with Crippen LogP contribution in [-0.2, 0) is 16.4 Å². The zero-order valence-corrected chi connectivity index (χ0v) is 16.9. The second-order valence-corrected chi connectivity index (χ2v) is 8.36. The van der Waals surface area contributed by atoms with Gasteiger partial charge in [0.05, 0.1) is 12.0 Å². The molecular formula is C19H19N3O4S2. The minimum absolute atomic E-state index is 0.0746. The van der Waals surface area contributed by atoms with Gasteiger partial charge in [-0.3, -0.25) is 9.52 Å². The van der Waals surface area contributed by atoms with E-state index in [4.69, 9.17) is 4.74 Å². The predicted molar refractivity (Wildman–Crippen MR) is 110 cm³/mol. The maximum Gasteiger partial charge on any atom is 0.275 e. The molecule has 0 spiro atoms. The van der Waals surface area contributed by atoms with Crippen molar-refractivity contribution < 1.29 is 17.9 Å². The van der Waals surface area contributed by atoms with Gasteiger partial charge in [0, 0.05) is 11.1 Å². The van der Waals surface area contributed by atoms with Gasteiger partial charge in [-0.2, -0.15) is 0 Å². The van der Waals surface area contributed by atoms with E-state index in [2.05, 4.69) is 21.9 Å². The van der Waals surface area contributed by atoms with Crippen molar-refractivity contribution in [3.63, 3.8) is 0 Å². The first-order valence-corrected chi connectivity index (χ1v) is 10.8. The molecule has 0 saturated carbocycles. The molecule has 0 saturated heterocycles. The predicted octanol–water partition coefficient (Wildman–Crippen LogP) is 3.77. The summed E-state index contributed by atoms with van der Waals surface area (Å²) in [5.74, 6) is 0.148. The van der Waals surface area contributed by atoms with Crippen LogP contribution >= 0.6 is 11.3 Å². The minimum Gasteiger partial charge on any atom is -0.497 e. The summed E-state index contributed by atoms with van der Waals surface area (Å²) in [5.41, 5.74) is 1.95. The lowest BCUT2D eigenvalue weighted by Gasteiger charge is -2.06. The number of thiazole rings is 1. The van der Waals surface area contributed by atoms with E-state index in [0.29, 0.717) is 11.4 Å². The van der Waals surface area contributed by atoms with E-state index in [1.54, 1.807) is 12.1 Å². The molecule has 3 aromatic rings. The highest BCUT2D eigenvalue weighted by Gasteiger charge is 2.18. The van der Waals surface area contributed by atoms with Crippen molar-refractivity contribution >= 4 is 38.1 Å². The van der Waals surface area contributed by atoms with Crippen LogP contribution in [0.4, 0.5) is 10.8 Å². The lowest BCUT2D eigenvalue weighted by molar-refractivity contribution is 0.102. The maximum atomic E-state index is 12.4. The number of nitrogens with one attached hydrogen (secondary N) is 2. The Hall–Kier alpha value is -2.91. The second-order valence-electron chi connectivity index (χ2n) is 5.82. The number of hydrogen-bond donors (Lipinski definition) is 2. The smallest absolute Gasteiger partial charge is 0.275 e. The summed E-state index contributed by atoms with van der Waals surface area (Å²) in [7, 11) is -2.30. The van der Waals surface area contributed by atoms with Gasteiger partial charge in [-0.15, -0.1) is 11.3 Å². The molecule has 0 unspecified atom stereocenters. The molecule has 0 fully saturated rings. The van der Waals surface area contributed by atoms with Crippen LogP contribution in [0.25, 0.3) is 0 Å². The van der Waals surface area contributed by atoms with E-state index in [0.717, 1.165) is 17.8 Å². The number of aromatic nitrogens is 1. The van der Waals surface area contributed by atoms with E-state index in [1.807, 2.05) is 24.3 Å². The van der Waals surface area contributed by atoms with Crippen LogP contribution in [0.15, 0.2) is 58.8 Å². The Morgan fingerprint density at radius 2 is 1.79 bits per heavy atom. The molecule has 0 bridgehead atoms. The first-order chi connectivity index (χ1) is 13.4. The third-order valence-corrected chi connectivity index (χ3v) is 6.19. The zero-order valence-electron chi connectivity index (χ0n) is 15.3. The van der Waals surface area contributed by atoms with E-state index in [1.165, 1.54) is 30.2 Å². The van der Waals surface area contributed by atoms with Gasteiger partial charge in [-0.05, 0) is 48.4 Å². The molecule has 0 aliphatic heterocycles. The lowest BCUT2D eigenvalue weighted by atomic mass is 10.1. The van der Waals surface area contributed by atoms with Crippen molar-refractivity contribution in [1.82, 2.24) is 4.98 Å². The van der Waals surface area contributed by atoms with Crippen molar-refractivity contribution in [2.75, 3.05) is 17.1 Å². The number of carbonyl (C=O) groups excluding carboxylic acids is 1. The molecule has 28 heavy (non-hydrogen) atoms. The average molecular weight is 418 g/mol. The van der Waals surface area contributed by atoms with Crippen LogP contribution in [0.5, 0.6) is 5.75 Å². The number of hydrogen-bond acceptors (Lipinski definition) is 6. The molecule has 1 aromatic heterocycles. The van der Waals surface area contributed by atoms with Gasteiger partial charge in [-0.1, -0.05) is 19.1 Å². The van der Waals surface area contributed by atoms with Crippen molar-refractivity contribution in [3.8, 4) is 5.75 Å². The van der Waals surface area contributed by atoms with Crippen molar-refractivity contribution in [2.45, 2.75) is 18.2 Å². The Labute approximate surface area is 167 Å². The largest absolute Gasteiger partial charge is 0.497 e. The van der Waals surface area contributed by atoms with Gasteiger partial charge < -0.3 is 10.1 Å². The third kappa shape index (κ3) is 4.68. The Balaban J connectivity index is 1.69. The molecule has 2 N–H and O–H groups in total. The first-order valence-electron chi connectivity index (χ1n) is 8.44. The fraction of sp³-hybridized carbons (Fsp3) is 0.158. The highest BCUT2D eigenvalue weighted by molar-refractivity contribution is 7.93. The number of rotatable bonds is 7. The molecule has 3 rings (SSSR count). The SMILES string of the molecule is CCc1ccc(NC(=O)c2csc(NS(=O)(=O)c3ccc(OC)cc3)n2)cc1. The Bertz CT molecular complexity index is 1060. The number of carbonyl (C=O) groups is 1.